The second-order valence-corrected chi connectivity index (χ2v) is 6.86. The molecule has 0 radical (unpaired) electrons. The monoisotopic (exact) mass is 329 g/mol. The van der Waals surface area contributed by atoms with E-state index in [1.165, 1.54) is 0 Å². The minimum Gasteiger partial charge on any atom is -0.494 e. The molecule has 2 aromatic carbocycles. The van der Waals surface area contributed by atoms with Gasteiger partial charge in [0.15, 0.2) is 5.88 Å². The van der Waals surface area contributed by atoms with Gasteiger partial charge in [0.2, 0.25) is 10.0 Å². The van der Waals surface area contributed by atoms with Crippen molar-refractivity contribution in [3.63, 3.8) is 0 Å². The van der Waals surface area contributed by atoms with Gasteiger partial charge in [-0.1, -0.05) is 18.2 Å². The lowest BCUT2D eigenvalue weighted by molar-refractivity contribution is 0.457. The molecule has 0 aliphatic carbocycles. The molecule has 0 aliphatic rings. The average molecular weight is 329 g/mol. The molecule has 0 unspecified atom stereocenters. The number of hydrogen-bond acceptors (Lipinski definition) is 4. The Kier molecular flexibility index (Phi) is 3.79. The average Bonchev–Trinajstić information content (AvgIpc) is 2.80. The molecule has 3 aromatic rings. The lowest BCUT2D eigenvalue weighted by atomic mass is 10.2. The Morgan fingerprint density at radius 3 is 2.52 bits per heavy atom. The Hall–Kier alpha value is -2.80. The molecule has 1 heterocycles. The van der Waals surface area contributed by atoms with Crippen LogP contribution in [0.1, 0.15) is 5.56 Å². The van der Waals surface area contributed by atoms with Gasteiger partial charge < -0.3 is 10.1 Å². The van der Waals surface area contributed by atoms with E-state index in [1.807, 2.05) is 24.3 Å². The molecule has 7 heteroatoms. The summed E-state index contributed by atoms with van der Waals surface area (Å²) in [6.07, 6.45) is 2.67. The Labute approximate surface area is 133 Å². The number of anilines is 1. The second-order valence-electron chi connectivity index (χ2n) is 5.11. The van der Waals surface area contributed by atoms with Crippen molar-refractivity contribution < 1.29 is 13.5 Å². The molecule has 0 spiro atoms. The molecule has 118 valence electrons. The first-order valence-electron chi connectivity index (χ1n) is 6.84. The Morgan fingerprint density at radius 1 is 1.13 bits per heavy atom. The number of H-pyrrole nitrogens is 1. The fourth-order valence-electron chi connectivity index (χ4n) is 2.25. The van der Waals surface area contributed by atoms with Crippen molar-refractivity contribution in [3.05, 3.63) is 54.1 Å². The lowest BCUT2D eigenvalue weighted by Crippen LogP contribution is -2.09. The first kappa shape index (κ1) is 15.1. The normalized spacial score (nSPS) is 12.0. The molecule has 1 aromatic heterocycles. The Bertz CT molecular complexity index is 973. The fourth-order valence-corrected chi connectivity index (χ4v) is 2.81. The molecule has 0 fully saturated rings. The van der Waals surface area contributed by atoms with Crippen LogP contribution in [0, 0.1) is 0 Å². The third-order valence-corrected chi connectivity index (χ3v) is 3.85. The molecule has 0 saturated carbocycles. The number of nitrogens with one attached hydrogen (secondary N) is 2. The molecule has 3 N–H and O–H groups in total. The number of para-hydroxylation sites is 1. The van der Waals surface area contributed by atoms with E-state index in [2.05, 4.69) is 14.7 Å². The van der Waals surface area contributed by atoms with E-state index >= 15 is 0 Å². The number of rotatable bonds is 4. The zero-order valence-corrected chi connectivity index (χ0v) is 13.1. The van der Waals surface area contributed by atoms with Crippen LogP contribution in [0.25, 0.3) is 10.9 Å². The summed E-state index contributed by atoms with van der Waals surface area (Å²) in [4.78, 5) is 7.20. The largest absolute Gasteiger partial charge is 0.494 e. The maximum Gasteiger partial charge on any atom is 0.229 e. The van der Waals surface area contributed by atoms with Crippen molar-refractivity contribution >= 4 is 38.5 Å². The molecular weight excluding hydrogens is 314 g/mol. The van der Waals surface area contributed by atoms with E-state index in [9.17, 15) is 13.5 Å². The maximum atomic E-state index is 11.2. The van der Waals surface area contributed by atoms with Gasteiger partial charge in [0.05, 0.1) is 17.5 Å². The first-order chi connectivity index (χ1) is 10.9. The van der Waals surface area contributed by atoms with Gasteiger partial charge in [0.25, 0.3) is 0 Å². The van der Waals surface area contributed by atoms with Crippen LogP contribution in [0.3, 0.4) is 0 Å². The number of hydrogen-bond donors (Lipinski definition) is 3. The zero-order valence-electron chi connectivity index (χ0n) is 12.3. The SMILES string of the molecule is CS(=O)(=O)Nc1ccc(N=Cc2c(O)[nH]c3ccccc23)cc1. The fraction of sp³-hybridized carbons (Fsp3) is 0.0625. The highest BCUT2D eigenvalue weighted by molar-refractivity contribution is 7.92. The van der Waals surface area contributed by atoms with Crippen molar-refractivity contribution in [1.29, 1.82) is 0 Å². The predicted octanol–water partition coefficient (Wildman–Crippen LogP) is 3.00. The summed E-state index contributed by atoms with van der Waals surface area (Å²) in [6.45, 7) is 0. The van der Waals surface area contributed by atoms with E-state index in [0.29, 0.717) is 16.9 Å². The van der Waals surface area contributed by atoms with E-state index in [-0.39, 0.29) is 5.88 Å². The minimum absolute atomic E-state index is 0.0605. The van der Waals surface area contributed by atoms with Crippen LogP contribution < -0.4 is 4.72 Å². The van der Waals surface area contributed by atoms with Gasteiger partial charge >= 0.3 is 0 Å². The highest BCUT2D eigenvalue weighted by Gasteiger charge is 2.07. The highest BCUT2D eigenvalue weighted by Crippen LogP contribution is 2.26. The van der Waals surface area contributed by atoms with E-state index in [1.54, 1.807) is 30.5 Å². The van der Waals surface area contributed by atoms with Gasteiger partial charge in [-0.25, -0.2) is 8.42 Å². The summed E-state index contributed by atoms with van der Waals surface area (Å²) in [7, 11) is -3.29. The summed E-state index contributed by atoms with van der Waals surface area (Å²) < 4.78 is 24.7. The number of nitrogens with zero attached hydrogens (tertiary/aromatic N) is 1. The number of aliphatic imine (C=N–C) groups is 1. The molecule has 3 rings (SSSR count). The van der Waals surface area contributed by atoms with Crippen molar-refractivity contribution in [2.45, 2.75) is 0 Å². The van der Waals surface area contributed by atoms with Gasteiger partial charge in [-0.3, -0.25) is 9.71 Å². The van der Waals surface area contributed by atoms with Crippen molar-refractivity contribution in [1.82, 2.24) is 4.98 Å². The van der Waals surface area contributed by atoms with Gasteiger partial charge in [0.1, 0.15) is 0 Å². The smallest absolute Gasteiger partial charge is 0.229 e. The quantitative estimate of drug-likeness (QED) is 0.642. The molecular formula is C16H15N3O3S. The van der Waals surface area contributed by atoms with Gasteiger partial charge in [0, 0.05) is 22.8 Å². The first-order valence-corrected chi connectivity index (χ1v) is 8.73. The number of sulfonamides is 1. The summed E-state index contributed by atoms with van der Waals surface area (Å²) in [5, 5.41) is 10.8. The summed E-state index contributed by atoms with van der Waals surface area (Å²) in [5.74, 6) is 0.0605. The summed E-state index contributed by atoms with van der Waals surface area (Å²) >= 11 is 0. The number of benzene rings is 2. The molecule has 0 amide bonds. The van der Waals surface area contributed by atoms with Crippen LogP contribution in [0.5, 0.6) is 5.88 Å². The van der Waals surface area contributed by atoms with Crippen molar-refractivity contribution in [3.8, 4) is 5.88 Å². The molecule has 0 bridgehead atoms. The topological polar surface area (TPSA) is 94.6 Å². The van der Waals surface area contributed by atoms with Crippen LogP contribution in [-0.4, -0.2) is 31.0 Å². The van der Waals surface area contributed by atoms with Crippen molar-refractivity contribution in [2.24, 2.45) is 4.99 Å². The highest BCUT2D eigenvalue weighted by atomic mass is 32.2. The molecule has 6 nitrogen and oxygen atoms in total. The van der Waals surface area contributed by atoms with Gasteiger partial charge in [-0.2, -0.15) is 0 Å². The second kappa shape index (κ2) is 5.77. The molecule has 0 atom stereocenters. The molecule has 23 heavy (non-hydrogen) atoms. The standard InChI is InChI=1S/C16H15N3O3S/c1-23(21,22)19-12-8-6-11(7-9-12)17-10-14-13-4-2-3-5-15(13)18-16(14)20/h2-10,18-20H,1H3. The molecule has 0 saturated heterocycles. The van der Waals surface area contributed by atoms with Gasteiger partial charge in [-0.15, -0.1) is 0 Å². The summed E-state index contributed by atoms with van der Waals surface area (Å²) in [6, 6.07) is 14.2. The van der Waals surface area contributed by atoms with Crippen LogP contribution in [0.15, 0.2) is 53.5 Å². The number of aromatic nitrogens is 1. The van der Waals surface area contributed by atoms with Crippen LogP contribution in [-0.2, 0) is 10.0 Å². The predicted molar refractivity (Wildman–Crippen MR) is 92.1 cm³/mol. The van der Waals surface area contributed by atoms with Crippen molar-refractivity contribution in [2.75, 3.05) is 11.0 Å². The molecule has 0 aliphatic heterocycles. The number of fused-ring (bicyclic) bond motifs is 1. The van der Waals surface area contributed by atoms with E-state index in [0.717, 1.165) is 17.2 Å². The van der Waals surface area contributed by atoms with Gasteiger partial charge in [-0.05, 0) is 30.3 Å². The third-order valence-electron chi connectivity index (χ3n) is 3.24. The van der Waals surface area contributed by atoms with Crippen LogP contribution in [0.2, 0.25) is 0 Å². The lowest BCUT2D eigenvalue weighted by Gasteiger charge is -2.03. The maximum absolute atomic E-state index is 11.2. The van der Waals surface area contributed by atoms with E-state index < -0.39 is 10.0 Å². The Morgan fingerprint density at radius 2 is 1.83 bits per heavy atom. The van der Waals surface area contributed by atoms with Crippen LogP contribution in [0.4, 0.5) is 11.4 Å². The number of aromatic hydroxyl groups is 1. The minimum atomic E-state index is -3.29. The van der Waals surface area contributed by atoms with E-state index in [4.69, 9.17) is 0 Å². The zero-order chi connectivity index (χ0) is 16.4. The number of aromatic amines is 1. The summed E-state index contributed by atoms with van der Waals surface area (Å²) in [5.41, 5.74) is 2.56. The van der Waals surface area contributed by atoms with Crippen LogP contribution >= 0.6 is 0 Å². The third kappa shape index (κ3) is 3.51. The Balaban J connectivity index is 1.86.